The zero-order valence-corrected chi connectivity index (χ0v) is 9.52. The van der Waals surface area contributed by atoms with Crippen molar-refractivity contribution in [2.45, 2.75) is 50.4 Å². The summed E-state index contributed by atoms with van der Waals surface area (Å²) in [4.78, 5) is 0. The number of hydrogen-bond acceptors (Lipinski definition) is 2. The van der Waals surface area contributed by atoms with E-state index < -0.39 is 10.8 Å². The van der Waals surface area contributed by atoms with Crippen molar-refractivity contribution in [2.75, 3.05) is 5.75 Å². The van der Waals surface area contributed by atoms with Crippen molar-refractivity contribution in [3.63, 3.8) is 0 Å². The highest BCUT2D eigenvalue weighted by Crippen LogP contribution is 2.25. The van der Waals surface area contributed by atoms with Crippen LogP contribution in [0.25, 0.3) is 0 Å². The predicted molar refractivity (Wildman–Crippen MR) is 58.5 cm³/mol. The summed E-state index contributed by atoms with van der Waals surface area (Å²) < 4.78 is 16.6. The Labute approximate surface area is 88.2 Å². The predicted octanol–water partition coefficient (Wildman–Crippen LogP) is 2.37. The zero-order chi connectivity index (χ0) is 9.97. The molecule has 3 atom stereocenters. The number of ether oxygens (including phenoxy) is 1. The van der Waals surface area contributed by atoms with Crippen molar-refractivity contribution in [1.29, 1.82) is 0 Å². The Morgan fingerprint density at radius 1 is 1.43 bits per heavy atom. The van der Waals surface area contributed by atoms with Crippen molar-refractivity contribution in [1.82, 2.24) is 0 Å². The van der Waals surface area contributed by atoms with E-state index in [1.807, 2.05) is 13.2 Å². The largest absolute Gasteiger partial charge is 0.497 e. The first-order valence-corrected chi connectivity index (χ1v) is 6.86. The first-order valence-electron chi connectivity index (χ1n) is 5.48. The molecule has 0 spiro atoms. The molecule has 1 aliphatic heterocycles. The third-order valence-electron chi connectivity index (χ3n) is 3.02. The van der Waals surface area contributed by atoms with Gasteiger partial charge in [0.25, 0.3) is 0 Å². The second kappa shape index (κ2) is 4.47. The molecule has 2 aliphatic rings. The van der Waals surface area contributed by atoms with Crippen molar-refractivity contribution < 1.29 is 8.95 Å². The summed E-state index contributed by atoms with van der Waals surface area (Å²) in [6.45, 7) is 2.02. The van der Waals surface area contributed by atoms with Crippen LogP contribution in [-0.2, 0) is 15.5 Å². The highest BCUT2D eigenvalue weighted by atomic mass is 32.2. The molecule has 0 aromatic rings. The summed E-state index contributed by atoms with van der Waals surface area (Å²) in [6, 6.07) is 0. The van der Waals surface area contributed by atoms with Gasteiger partial charge in [0.1, 0.15) is 6.10 Å². The third kappa shape index (κ3) is 2.59. The summed E-state index contributed by atoms with van der Waals surface area (Å²) in [5.74, 6) is 0.838. The summed E-state index contributed by atoms with van der Waals surface area (Å²) in [6.07, 6.45) is 8.43. The standard InChI is InChI=1S/C11H18O2S/c1-9(11-8-14(11)12)13-7-10-5-3-2-4-6-10/h7,9,11H,2-6,8H2,1H3. The van der Waals surface area contributed by atoms with Gasteiger partial charge in [0.05, 0.1) is 11.5 Å². The van der Waals surface area contributed by atoms with Gasteiger partial charge in [0.15, 0.2) is 0 Å². The van der Waals surface area contributed by atoms with E-state index in [2.05, 4.69) is 0 Å². The molecule has 0 bridgehead atoms. The van der Waals surface area contributed by atoms with Crippen LogP contribution in [0.2, 0.25) is 0 Å². The minimum Gasteiger partial charge on any atom is -0.497 e. The molecule has 3 unspecified atom stereocenters. The van der Waals surface area contributed by atoms with Crippen LogP contribution in [0.4, 0.5) is 0 Å². The van der Waals surface area contributed by atoms with E-state index in [9.17, 15) is 4.21 Å². The maximum absolute atomic E-state index is 11.0. The fourth-order valence-corrected chi connectivity index (χ4v) is 3.06. The van der Waals surface area contributed by atoms with Crippen LogP contribution in [0.1, 0.15) is 39.0 Å². The molecule has 2 rings (SSSR count). The molecule has 0 aromatic heterocycles. The van der Waals surface area contributed by atoms with Crippen molar-refractivity contribution in [3.05, 3.63) is 11.8 Å². The highest BCUT2D eigenvalue weighted by Gasteiger charge is 2.39. The van der Waals surface area contributed by atoms with Gasteiger partial charge in [0, 0.05) is 16.6 Å². The van der Waals surface area contributed by atoms with Crippen LogP contribution in [0.3, 0.4) is 0 Å². The third-order valence-corrected chi connectivity index (χ3v) is 4.50. The van der Waals surface area contributed by atoms with Crippen LogP contribution in [-0.4, -0.2) is 21.3 Å². The fourth-order valence-electron chi connectivity index (χ4n) is 1.89. The lowest BCUT2D eigenvalue weighted by Gasteiger charge is -2.15. The van der Waals surface area contributed by atoms with E-state index in [-0.39, 0.29) is 6.10 Å². The Morgan fingerprint density at radius 3 is 2.64 bits per heavy atom. The first kappa shape index (κ1) is 10.2. The molecule has 1 aliphatic carbocycles. The minimum atomic E-state index is -0.590. The normalized spacial score (nSPS) is 33.6. The van der Waals surface area contributed by atoms with E-state index >= 15 is 0 Å². The van der Waals surface area contributed by atoms with Gasteiger partial charge in [-0.1, -0.05) is 6.42 Å². The van der Waals surface area contributed by atoms with Gasteiger partial charge in [-0.3, -0.25) is 4.21 Å². The van der Waals surface area contributed by atoms with Gasteiger partial charge >= 0.3 is 0 Å². The summed E-state index contributed by atoms with van der Waals surface area (Å²) in [5, 5.41) is 0.301. The lowest BCUT2D eigenvalue weighted by atomic mass is 9.96. The summed E-state index contributed by atoms with van der Waals surface area (Å²) in [5.41, 5.74) is 1.44. The van der Waals surface area contributed by atoms with Crippen LogP contribution in [0, 0.1) is 0 Å². The minimum absolute atomic E-state index is 0.144. The van der Waals surface area contributed by atoms with Gasteiger partial charge in [0.2, 0.25) is 0 Å². The van der Waals surface area contributed by atoms with Gasteiger partial charge < -0.3 is 4.74 Å². The lowest BCUT2D eigenvalue weighted by molar-refractivity contribution is 0.165. The Kier molecular flexibility index (Phi) is 3.26. The van der Waals surface area contributed by atoms with Crippen molar-refractivity contribution in [3.8, 4) is 0 Å². The molecule has 0 radical (unpaired) electrons. The Balaban J connectivity index is 1.76. The number of hydrogen-bond donors (Lipinski definition) is 0. The smallest absolute Gasteiger partial charge is 0.110 e. The second-order valence-electron chi connectivity index (χ2n) is 4.26. The molecule has 1 saturated carbocycles. The highest BCUT2D eigenvalue weighted by molar-refractivity contribution is 7.93. The SMILES string of the molecule is CC(OC=C1CCCCC1)C1CS1=O. The van der Waals surface area contributed by atoms with Gasteiger partial charge in [-0.05, 0) is 38.2 Å². The molecule has 1 heterocycles. The maximum Gasteiger partial charge on any atom is 0.110 e. The molecule has 2 fully saturated rings. The number of rotatable bonds is 3. The molecule has 3 heteroatoms. The molecule has 0 N–H and O–H groups in total. The van der Waals surface area contributed by atoms with Crippen LogP contribution in [0.5, 0.6) is 0 Å². The topological polar surface area (TPSA) is 26.3 Å². The summed E-state index contributed by atoms with van der Waals surface area (Å²) >= 11 is 0. The Morgan fingerprint density at radius 2 is 2.07 bits per heavy atom. The zero-order valence-electron chi connectivity index (χ0n) is 8.70. The molecule has 1 saturated heterocycles. The monoisotopic (exact) mass is 214 g/mol. The maximum atomic E-state index is 11.0. The second-order valence-corrected chi connectivity index (χ2v) is 5.96. The average Bonchev–Trinajstić information content (AvgIpc) is 2.94. The molecule has 14 heavy (non-hydrogen) atoms. The van der Waals surface area contributed by atoms with Crippen LogP contribution >= 0.6 is 0 Å². The molecular weight excluding hydrogens is 196 g/mol. The molecule has 0 aromatic carbocycles. The van der Waals surface area contributed by atoms with Crippen molar-refractivity contribution >= 4 is 10.8 Å². The molecule has 2 nitrogen and oxygen atoms in total. The molecule has 80 valence electrons. The first-order chi connectivity index (χ1) is 6.77. The average molecular weight is 214 g/mol. The van der Waals surface area contributed by atoms with E-state index in [0.29, 0.717) is 5.25 Å². The van der Waals surface area contributed by atoms with Crippen molar-refractivity contribution in [2.24, 2.45) is 0 Å². The van der Waals surface area contributed by atoms with Crippen LogP contribution in [0.15, 0.2) is 11.8 Å². The van der Waals surface area contributed by atoms with E-state index in [0.717, 1.165) is 5.75 Å². The molecule has 0 amide bonds. The molecular formula is C11H18O2S. The van der Waals surface area contributed by atoms with Crippen LogP contribution < -0.4 is 0 Å². The van der Waals surface area contributed by atoms with Gasteiger partial charge in [-0.15, -0.1) is 0 Å². The van der Waals surface area contributed by atoms with E-state index in [4.69, 9.17) is 4.74 Å². The van der Waals surface area contributed by atoms with E-state index in [1.54, 1.807) is 0 Å². The quantitative estimate of drug-likeness (QED) is 0.532. The number of allylic oxidation sites excluding steroid dienone is 1. The summed E-state index contributed by atoms with van der Waals surface area (Å²) in [7, 11) is -0.590. The Bertz CT molecular complexity index is 252. The van der Waals surface area contributed by atoms with Gasteiger partial charge in [-0.25, -0.2) is 0 Å². The Hall–Kier alpha value is -0.310. The lowest BCUT2D eigenvalue weighted by Crippen LogP contribution is -2.13. The fraction of sp³-hybridized carbons (Fsp3) is 0.818. The van der Waals surface area contributed by atoms with E-state index in [1.165, 1.54) is 37.7 Å². The van der Waals surface area contributed by atoms with Gasteiger partial charge in [-0.2, -0.15) is 0 Å².